The van der Waals surface area contributed by atoms with Gasteiger partial charge in [0.25, 0.3) is 0 Å². The summed E-state index contributed by atoms with van der Waals surface area (Å²) in [6, 6.07) is 6.75. The van der Waals surface area contributed by atoms with E-state index < -0.39 is 0 Å². The first kappa shape index (κ1) is 10.3. The third-order valence-electron chi connectivity index (χ3n) is 2.31. The standard InChI is InChI=1S/C12H19N/c1-4-5-12-7-6-11(9-13-3)8-10(12)2/h6-8,13H,4-5,9H2,1-3H3. The summed E-state index contributed by atoms with van der Waals surface area (Å²) in [5.74, 6) is 0. The van der Waals surface area contributed by atoms with Crippen LogP contribution < -0.4 is 5.32 Å². The molecule has 0 bridgehead atoms. The zero-order valence-corrected chi connectivity index (χ0v) is 8.85. The van der Waals surface area contributed by atoms with Crippen molar-refractivity contribution < 1.29 is 0 Å². The lowest BCUT2D eigenvalue weighted by Gasteiger charge is -2.07. The molecule has 0 fully saturated rings. The Labute approximate surface area is 81.2 Å². The molecule has 0 spiro atoms. The number of benzene rings is 1. The van der Waals surface area contributed by atoms with Crippen LogP contribution >= 0.6 is 0 Å². The number of hydrogen-bond acceptors (Lipinski definition) is 1. The molecule has 0 unspecified atom stereocenters. The Kier molecular flexibility index (Phi) is 3.97. The lowest BCUT2D eigenvalue weighted by atomic mass is 10.0. The van der Waals surface area contributed by atoms with Crippen molar-refractivity contribution in [2.24, 2.45) is 0 Å². The Balaban J connectivity index is 2.79. The van der Waals surface area contributed by atoms with Gasteiger partial charge in [-0.3, -0.25) is 0 Å². The molecule has 1 heteroatoms. The van der Waals surface area contributed by atoms with Gasteiger partial charge < -0.3 is 5.32 Å². The molecule has 0 aliphatic heterocycles. The zero-order valence-electron chi connectivity index (χ0n) is 8.85. The van der Waals surface area contributed by atoms with E-state index in [0.29, 0.717) is 0 Å². The number of aryl methyl sites for hydroxylation is 2. The first-order valence-electron chi connectivity index (χ1n) is 5.01. The van der Waals surface area contributed by atoms with Gasteiger partial charge in [0.2, 0.25) is 0 Å². The highest BCUT2D eigenvalue weighted by Crippen LogP contribution is 2.12. The molecule has 1 aromatic rings. The predicted molar refractivity (Wildman–Crippen MR) is 57.9 cm³/mol. The second-order valence-electron chi connectivity index (χ2n) is 3.54. The van der Waals surface area contributed by atoms with Gasteiger partial charge in [0, 0.05) is 6.54 Å². The van der Waals surface area contributed by atoms with E-state index in [1.54, 1.807) is 0 Å². The highest BCUT2D eigenvalue weighted by atomic mass is 14.8. The number of nitrogens with one attached hydrogen (secondary N) is 1. The van der Waals surface area contributed by atoms with Crippen molar-refractivity contribution in [1.82, 2.24) is 5.32 Å². The molecule has 1 nitrogen and oxygen atoms in total. The fraction of sp³-hybridized carbons (Fsp3) is 0.500. The maximum absolute atomic E-state index is 3.16. The average molecular weight is 177 g/mol. The topological polar surface area (TPSA) is 12.0 Å². The van der Waals surface area contributed by atoms with Gasteiger partial charge in [-0.2, -0.15) is 0 Å². The quantitative estimate of drug-likeness (QED) is 0.745. The van der Waals surface area contributed by atoms with E-state index in [0.717, 1.165) is 6.54 Å². The van der Waals surface area contributed by atoms with E-state index in [-0.39, 0.29) is 0 Å². The Bertz CT molecular complexity index is 266. The minimum absolute atomic E-state index is 0.966. The number of hydrogen-bond donors (Lipinski definition) is 1. The molecule has 0 aromatic heterocycles. The van der Waals surface area contributed by atoms with E-state index in [1.807, 2.05) is 7.05 Å². The number of rotatable bonds is 4. The van der Waals surface area contributed by atoms with E-state index in [1.165, 1.54) is 29.5 Å². The molecule has 13 heavy (non-hydrogen) atoms. The van der Waals surface area contributed by atoms with Crippen molar-refractivity contribution in [3.05, 3.63) is 34.9 Å². The first-order chi connectivity index (χ1) is 6.27. The summed E-state index contributed by atoms with van der Waals surface area (Å²) in [4.78, 5) is 0. The van der Waals surface area contributed by atoms with Crippen LogP contribution in [0.2, 0.25) is 0 Å². The molecule has 0 aliphatic carbocycles. The summed E-state index contributed by atoms with van der Waals surface area (Å²) < 4.78 is 0. The van der Waals surface area contributed by atoms with Crippen LogP contribution in [0.1, 0.15) is 30.0 Å². The van der Waals surface area contributed by atoms with Crippen LogP contribution in [-0.2, 0) is 13.0 Å². The van der Waals surface area contributed by atoms with E-state index in [9.17, 15) is 0 Å². The highest BCUT2D eigenvalue weighted by Gasteiger charge is 1.98. The van der Waals surface area contributed by atoms with Gasteiger partial charge in [0.1, 0.15) is 0 Å². The van der Waals surface area contributed by atoms with Gasteiger partial charge in [0.05, 0.1) is 0 Å². The van der Waals surface area contributed by atoms with Crippen LogP contribution in [0, 0.1) is 6.92 Å². The molecule has 0 atom stereocenters. The lowest BCUT2D eigenvalue weighted by molar-refractivity contribution is 0.814. The Morgan fingerprint density at radius 2 is 2.08 bits per heavy atom. The third kappa shape index (κ3) is 2.85. The van der Waals surface area contributed by atoms with E-state index >= 15 is 0 Å². The van der Waals surface area contributed by atoms with Crippen molar-refractivity contribution in [3.8, 4) is 0 Å². The predicted octanol–water partition coefficient (Wildman–Crippen LogP) is 2.67. The summed E-state index contributed by atoms with van der Waals surface area (Å²) in [6.45, 7) is 5.39. The fourth-order valence-corrected chi connectivity index (χ4v) is 1.62. The van der Waals surface area contributed by atoms with Gasteiger partial charge in [-0.15, -0.1) is 0 Å². The van der Waals surface area contributed by atoms with Gasteiger partial charge >= 0.3 is 0 Å². The van der Waals surface area contributed by atoms with Crippen molar-refractivity contribution in [1.29, 1.82) is 0 Å². The minimum Gasteiger partial charge on any atom is -0.316 e. The van der Waals surface area contributed by atoms with Crippen molar-refractivity contribution in [2.75, 3.05) is 7.05 Å². The summed E-state index contributed by atoms with van der Waals surface area (Å²) >= 11 is 0. The lowest BCUT2D eigenvalue weighted by Crippen LogP contribution is -2.05. The van der Waals surface area contributed by atoms with Crippen molar-refractivity contribution >= 4 is 0 Å². The van der Waals surface area contributed by atoms with Gasteiger partial charge in [-0.05, 0) is 37.1 Å². The van der Waals surface area contributed by atoms with Gasteiger partial charge in [-0.1, -0.05) is 31.5 Å². The highest BCUT2D eigenvalue weighted by molar-refractivity contribution is 5.31. The minimum atomic E-state index is 0.966. The maximum Gasteiger partial charge on any atom is 0.0202 e. The normalized spacial score (nSPS) is 10.4. The van der Waals surface area contributed by atoms with Crippen LogP contribution in [0.4, 0.5) is 0 Å². The second kappa shape index (κ2) is 5.03. The molecule has 0 heterocycles. The molecular formula is C12H19N. The summed E-state index contributed by atoms with van der Waals surface area (Å²) in [5, 5.41) is 3.16. The Morgan fingerprint density at radius 3 is 2.62 bits per heavy atom. The van der Waals surface area contributed by atoms with Gasteiger partial charge in [0.15, 0.2) is 0 Å². The molecule has 0 amide bonds. The summed E-state index contributed by atoms with van der Waals surface area (Å²) in [6.07, 6.45) is 2.43. The second-order valence-corrected chi connectivity index (χ2v) is 3.54. The molecule has 1 aromatic carbocycles. The summed E-state index contributed by atoms with van der Waals surface area (Å²) in [5.41, 5.74) is 4.29. The zero-order chi connectivity index (χ0) is 9.68. The first-order valence-corrected chi connectivity index (χ1v) is 5.01. The molecule has 0 saturated carbocycles. The smallest absolute Gasteiger partial charge is 0.0202 e. The average Bonchev–Trinajstić information content (AvgIpc) is 2.10. The van der Waals surface area contributed by atoms with Crippen LogP contribution in [0.5, 0.6) is 0 Å². The molecular weight excluding hydrogens is 158 g/mol. The van der Waals surface area contributed by atoms with Crippen LogP contribution in [0.3, 0.4) is 0 Å². The molecule has 1 rings (SSSR count). The van der Waals surface area contributed by atoms with Gasteiger partial charge in [-0.25, -0.2) is 0 Å². The molecule has 0 saturated heterocycles. The van der Waals surface area contributed by atoms with E-state index in [2.05, 4.69) is 37.4 Å². The fourth-order valence-electron chi connectivity index (χ4n) is 1.62. The molecule has 0 aliphatic rings. The molecule has 0 radical (unpaired) electrons. The molecule has 72 valence electrons. The Hall–Kier alpha value is -0.820. The largest absolute Gasteiger partial charge is 0.316 e. The van der Waals surface area contributed by atoms with E-state index in [4.69, 9.17) is 0 Å². The monoisotopic (exact) mass is 177 g/mol. The SMILES string of the molecule is CCCc1ccc(CNC)cc1C. The summed E-state index contributed by atoms with van der Waals surface area (Å²) in [7, 11) is 1.98. The van der Waals surface area contributed by atoms with Crippen LogP contribution in [0.25, 0.3) is 0 Å². The third-order valence-corrected chi connectivity index (χ3v) is 2.31. The molecule has 1 N–H and O–H groups in total. The van der Waals surface area contributed by atoms with Crippen LogP contribution in [0.15, 0.2) is 18.2 Å². The van der Waals surface area contributed by atoms with Crippen molar-refractivity contribution in [3.63, 3.8) is 0 Å². The Morgan fingerprint density at radius 1 is 1.31 bits per heavy atom. The van der Waals surface area contributed by atoms with Crippen molar-refractivity contribution in [2.45, 2.75) is 33.2 Å². The van der Waals surface area contributed by atoms with Crippen LogP contribution in [-0.4, -0.2) is 7.05 Å². The maximum atomic E-state index is 3.16.